The number of hydrogen-bond acceptors (Lipinski definition) is 3. The van der Waals surface area contributed by atoms with E-state index in [1.54, 1.807) is 0 Å². The fraction of sp³-hybridized carbons (Fsp3) is 0.750. The minimum Gasteiger partial charge on any atom is -0.369 e. The molecule has 0 bridgehead atoms. The van der Waals surface area contributed by atoms with Crippen LogP contribution in [0.2, 0.25) is 8.67 Å². The molecule has 0 aromatic carbocycles. The van der Waals surface area contributed by atoms with Gasteiger partial charge in [0.05, 0.1) is 19.9 Å². The fourth-order valence-corrected chi connectivity index (χ4v) is 5.01. The summed E-state index contributed by atoms with van der Waals surface area (Å²) in [4.78, 5) is 0. The van der Waals surface area contributed by atoms with Crippen LogP contribution < -0.4 is 5.32 Å². The van der Waals surface area contributed by atoms with E-state index in [0.29, 0.717) is 5.92 Å². The third-order valence-electron chi connectivity index (χ3n) is 4.18. The molecule has 1 N–H and O–H groups in total. The van der Waals surface area contributed by atoms with Crippen molar-refractivity contribution in [2.45, 2.75) is 64.7 Å². The Bertz CT molecular complexity index is 498. The molecule has 1 aromatic rings. The molecule has 0 spiro atoms. The molecule has 5 heteroatoms. The molecule has 2 rings (SSSR count). The quantitative estimate of drug-likeness (QED) is 0.737. The second-order valence-corrected chi connectivity index (χ2v) is 9.27. The van der Waals surface area contributed by atoms with Crippen LogP contribution in [0, 0.1) is 5.92 Å². The number of ether oxygens (including phenoxy) is 1. The van der Waals surface area contributed by atoms with Gasteiger partial charge in [0.1, 0.15) is 0 Å². The summed E-state index contributed by atoms with van der Waals surface area (Å²) in [5, 5.41) is 3.66. The highest BCUT2D eigenvalue weighted by molar-refractivity contribution is 7.20. The maximum absolute atomic E-state index is 6.41. The van der Waals surface area contributed by atoms with Crippen molar-refractivity contribution in [3.63, 3.8) is 0 Å². The molecular formula is C16H25Cl2NOS. The summed E-state index contributed by atoms with van der Waals surface area (Å²) >= 11 is 14.0. The molecular weight excluding hydrogens is 325 g/mol. The molecule has 1 saturated heterocycles. The summed E-state index contributed by atoms with van der Waals surface area (Å²) in [6.45, 7) is 11.8. The highest BCUT2D eigenvalue weighted by Crippen LogP contribution is 2.50. The van der Waals surface area contributed by atoms with Gasteiger partial charge in [-0.15, -0.1) is 11.3 Å². The summed E-state index contributed by atoms with van der Waals surface area (Å²) in [6, 6.07) is 2.18. The van der Waals surface area contributed by atoms with Gasteiger partial charge < -0.3 is 10.1 Å². The monoisotopic (exact) mass is 349 g/mol. The van der Waals surface area contributed by atoms with Gasteiger partial charge >= 0.3 is 0 Å². The molecule has 1 aliphatic heterocycles. The van der Waals surface area contributed by atoms with Gasteiger partial charge in [-0.2, -0.15) is 0 Å². The molecule has 0 amide bonds. The standard InChI is InChI=1S/C16H25Cl2NOS/c1-6-7-19-13(10-8-12(17)21-14(10)18)11-9-15(2,3)20-16(11,4)5/h8,11,13,19H,6-7,9H2,1-5H3. The Morgan fingerprint density at radius 2 is 2.05 bits per heavy atom. The summed E-state index contributed by atoms with van der Waals surface area (Å²) in [6.07, 6.45) is 2.09. The molecule has 2 heterocycles. The van der Waals surface area contributed by atoms with E-state index < -0.39 is 0 Å². The van der Waals surface area contributed by atoms with Crippen molar-refractivity contribution >= 4 is 34.5 Å². The van der Waals surface area contributed by atoms with Crippen molar-refractivity contribution in [1.82, 2.24) is 5.32 Å². The maximum atomic E-state index is 6.41. The zero-order chi connectivity index (χ0) is 15.8. The Morgan fingerprint density at radius 1 is 1.38 bits per heavy atom. The molecule has 1 fully saturated rings. The number of nitrogens with one attached hydrogen (secondary N) is 1. The highest BCUT2D eigenvalue weighted by atomic mass is 35.5. The molecule has 21 heavy (non-hydrogen) atoms. The average molecular weight is 350 g/mol. The lowest BCUT2D eigenvalue weighted by Crippen LogP contribution is -2.38. The van der Waals surface area contributed by atoms with Gasteiger partial charge in [-0.25, -0.2) is 0 Å². The van der Waals surface area contributed by atoms with E-state index in [1.165, 1.54) is 11.3 Å². The van der Waals surface area contributed by atoms with E-state index in [4.69, 9.17) is 27.9 Å². The van der Waals surface area contributed by atoms with Crippen LogP contribution >= 0.6 is 34.5 Å². The van der Waals surface area contributed by atoms with Crippen molar-refractivity contribution in [1.29, 1.82) is 0 Å². The highest BCUT2D eigenvalue weighted by Gasteiger charge is 2.49. The van der Waals surface area contributed by atoms with E-state index in [1.807, 2.05) is 6.07 Å². The molecule has 1 aromatic heterocycles. The van der Waals surface area contributed by atoms with Crippen molar-refractivity contribution in [2.75, 3.05) is 6.54 Å². The number of thiophene rings is 1. The zero-order valence-electron chi connectivity index (χ0n) is 13.4. The van der Waals surface area contributed by atoms with E-state index in [2.05, 4.69) is 39.9 Å². The van der Waals surface area contributed by atoms with Gasteiger partial charge in [0.2, 0.25) is 0 Å². The van der Waals surface area contributed by atoms with Gasteiger partial charge in [-0.05, 0) is 53.1 Å². The largest absolute Gasteiger partial charge is 0.369 e. The predicted molar refractivity (Wildman–Crippen MR) is 92.7 cm³/mol. The molecule has 0 radical (unpaired) electrons. The van der Waals surface area contributed by atoms with E-state index in [9.17, 15) is 0 Å². The summed E-state index contributed by atoms with van der Waals surface area (Å²) in [5.41, 5.74) is 0.818. The molecule has 2 nitrogen and oxygen atoms in total. The van der Waals surface area contributed by atoms with Gasteiger partial charge in [-0.1, -0.05) is 30.1 Å². The first-order valence-corrected chi connectivity index (χ1v) is 9.12. The first kappa shape index (κ1) is 17.6. The minimum absolute atomic E-state index is 0.105. The Balaban J connectivity index is 2.34. The molecule has 2 atom stereocenters. The predicted octanol–water partition coefficient (Wildman–Crippen LogP) is 5.69. The lowest BCUT2D eigenvalue weighted by molar-refractivity contribution is -0.0778. The van der Waals surface area contributed by atoms with Crippen LogP contribution in [0.3, 0.4) is 0 Å². The minimum atomic E-state index is -0.188. The Hall–Kier alpha value is 0.200. The summed E-state index contributed by atoms with van der Waals surface area (Å²) in [5.74, 6) is 0.363. The van der Waals surface area contributed by atoms with E-state index in [0.717, 1.165) is 33.6 Å². The first-order valence-electron chi connectivity index (χ1n) is 7.54. The molecule has 0 saturated carbocycles. The average Bonchev–Trinajstić information content (AvgIpc) is 2.76. The van der Waals surface area contributed by atoms with Gasteiger partial charge in [0, 0.05) is 17.5 Å². The van der Waals surface area contributed by atoms with Crippen LogP contribution in [0.5, 0.6) is 0 Å². The van der Waals surface area contributed by atoms with Crippen molar-refractivity contribution in [3.05, 3.63) is 20.3 Å². The third kappa shape index (κ3) is 3.94. The van der Waals surface area contributed by atoms with Crippen LogP contribution in [-0.4, -0.2) is 17.7 Å². The first-order chi connectivity index (χ1) is 9.66. The van der Waals surface area contributed by atoms with Crippen molar-refractivity contribution in [2.24, 2.45) is 5.92 Å². The fourth-order valence-electron chi connectivity index (χ4n) is 3.46. The van der Waals surface area contributed by atoms with Crippen molar-refractivity contribution in [3.8, 4) is 0 Å². The number of hydrogen-bond donors (Lipinski definition) is 1. The third-order valence-corrected chi connectivity index (χ3v) is 5.70. The Labute approximate surface area is 142 Å². The molecule has 1 aliphatic rings. The Morgan fingerprint density at radius 3 is 2.48 bits per heavy atom. The van der Waals surface area contributed by atoms with Gasteiger partial charge in [-0.3, -0.25) is 0 Å². The Kier molecular flexibility index (Phi) is 5.32. The molecule has 2 unspecified atom stereocenters. The number of rotatable bonds is 5. The summed E-state index contributed by atoms with van der Waals surface area (Å²) < 4.78 is 7.80. The zero-order valence-corrected chi connectivity index (χ0v) is 15.8. The second-order valence-electron chi connectivity index (χ2n) is 6.99. The maximum Gasteiger partial charge on any atom is 0.0992 e. The smallest absolute Gasteiger partial charge is 0.0992 e. The number of halogens is 2. The molecule has 0 aliphatic carbocycles. The van der Waals surface area contributed by atoms with Crippen LogP contribution in [-0.2, 0) is 4.74 Å². The van der Waals surface area contributed by atoms with E-state index >= 15 is 0 Å². The lowest BCUT2D eigenvalue weighted by atomic mass is 9.79. The SMILES string of the molecule is CCCNC(c1cc(Cl)sc1Cl)C1CC(C)(C)OC1(C)C. The second kappa shape index (κ2) is 6.37. The van der Waals surface area contributed by atoms with Crippen LogP contribution in [0.1, 0.15) is 59.1 Å². The lowest BCUT2D eigenvalue weighted by Gasteiger charge is -2.33. The van der Waals surface area contributed by atoms with Crippen LogP contribution in [0.15, 0.2) is 6.07 Å². The molecule has 120 valence electrons. The summed E-state index contributed by atoms with van der Waals surface area (Å²) in [7, 11) is 0. The van der Waals surface area contributed by atoms with Crippen LogP contribution in [0.4, 0.5) is 0 Å². The topological polar surface area (TPSA) is 21.3 Å². The van der Waals surface area contributed by atoms with Crippen LogP contribution in [0.25, 0.3) is 0 Å². The van der Waals surface area contributed by atoms with E-state index in [-0.39, 0.29) is 17.2 Å². The van der Waals surface area contributed by atoms with Gasteiger partial charge in [0.25, 0.3) is 0 Å². The van der Waals surface area contributed by atoms with Gasteiger partial charge in [0.15, 0.2) is 0 Å². The van der Waals surface area contributed by atoms with Crippen molar-refractivity contribution < 1.29 is 4.74 Å². The normalized spacial score (nSPS) is 25.2.